The molecule has 0 aliphatic carbocycles. The molecule has 0 radical (unpaired) electrons. The Labute approximate surface area is 154 Å². The topological polar surface area (TPSA) is 66.8 Å². The van der Waals surface area contributed by atoms with Gasteiger partial charge in [0.15, 0.2) is 0 Å². The molecule has 5 heteroatoms. The van der Waals surface area contributed by atoms with Crippen LogP contribution < -0.4 is 0 Å². The van der Waals surface area contributed by atoms with Gasteiger partial charge in [-0.05, 0) is 43.5 Å². The average molecular weight is 355 g/mol. The van der Waals surface area contributed by atoms with Crippen molar-refractivity contribution in [3.63, 3.8) is 0 Å². The summed E-state index contributed by atoms with van der Waals surface area (Å²) in [5.74, 6) is -1.30. The van der Waals surface area contributed by atoms with Crippen molar-refractivity contribution >= 4 is 11.9 Å². The van der Waals surface area contributed by atoms with Crippen LogP contribution >= 0.6 is 0 Å². The second kappa shape index (κ2) is 9.73. The number of benzene rings is 2. The Balaban J connectivity index is 2.04. The quantitative estimate of drug-likeness (QED) is 0.749. The van der Waals surface area contributed by atoms with Gasteiger partial charge in [0.2, 0.25) is 0 Å². The first-order chi connectivity index (χ1) is 12.5. The van der Waals surface area contributed by atoms with Crippen molar-refractivity contribution < 1.29 is 19.4 Å². The number of nitrogens with zero attached hydrogens (tertiary/aromatic N) is 1. The summed E-state index contributed by atoms with van der Waals surface area (Å²) in [5.41, 5.74) is 2.52. The molecule has 2 aromatic rings. The van der Waals surface area contributed by atoms with E-state index in [9.17, 15) is 9.59 Å². The molecule has 26 heavy (non-hydrogen) atoms. The number of carboxylic acids is 1. The molecule has 0 aliphatic rings. The Hall–Kier alpha value is -2.66. The number of carbonyl (C=O) groups excluding carboxylic acids is 1. The minimum atomic E-state index is -1.02. The first kappa shape index (κ1) is 19.7. The highest BCUT2D eigenvalue weighted by Crippen LogP contribution is 2.11. The van der Waals surface area contributed by atoms with E-state index < -0.39 is 5.97 Å². The van der Waals surface area contributed by atoms with Crippen LogP contribution in [0.4, 0.5) is 0 Å². The molecule has 0 saturated carbocycles. The van der Waals surface area contributed by atoms with Crippen LogP contribution in [0.2, 0.25) is 0 Å². The van der Waals surface area contributed by atoms with E-state index in [1.165, 1.54) is 4.90 Å². The van der Waals surface area contributed by atoms with Gasteiger partial charge in [0, 0.05) is 12.1 Å². The van der Waals surface area contributed by atoms with Crippen LogP contribution in [-0.4, -0.2) is 41.1 Å². The molecule has 1 N–H and O–H groups in total. The molecule has 0 saturated heterocycles. The molecular formula is C21H25NO4. The Morgan fingerprint density at radius 2 is 1.65 bits per heavy atom. The molecule has 0 heterocycles. The predicted octanol–water partition coefficient (Wildman–Crippen LogP) is 3.38. The van der Waals surface area contributed by atoms with Crippen LogP contribution in [0.3, 0.4) is 0 Å². The third kappa shape index (κ3) is 6.33. The lowest BCUT2D eigenvalue weighted by atomic mass is 10.1. The summed E-state index contributed by atoms with van der Waals surface area (Å²) in [6.07, 6.45) is 0.750. The molecule has 138 valence electrons. The molecule has 0 atom stereocenters. The van der Waals surface area contributed by atoms with Gasteiger partial charge in [0.05, 0.1) is 12.7 Å². The van der Waals surface area contributed by atoms with E-state index >= 15 is 0 Å². The van der Waals surface area contributed by atoms with E-state index in [1.54, 1.807) is 12.1 Å². The van der Waals surface area contributed by atoms with E-state index in [-0.39, 0.29) is 18.6 Å². The number of ether oxygens (including phenoxy) is 1. The Bertz CT molecular complexity index is 711. The molecule has 0 spiro atoms. The first-order valence-electron chi connectivity index (χ1n) is 8.71. The summed E-state index contributed by atoms with van der Waals surface area (Å²) < 4.78 is 5.54. The molecular weight excluding hydrogens is 330 g/mol. The van der Waals surface area contributed by atoms with Crippen molar-refractivity contribution in [1.29, 1.82) is 0 Å². The van der Waals surface area contributed by atoms with Gasteiger partial charge in [-0.15, -0.1) is 0 Å². The van der Waals surface area contributed by atoms with Crippen LogP contribution in [-0.2, 0) is 22.6 Å². The van der Waals surface area contributed by atoms with Gasteiger partial charge in [-0.3, -0.25) is 9.59 Å². The number of carboxylic acid groups (broad SMARTS) is 1. The summed E-state index contributed by atoms with van der Waals surface area (Å²) in [6, 6.07) is 16.8. The fourth-order valence-corrected chi connectivity index (χ4v) is 2.51. The highest BCUT2D eigenvalue weighted by atomic mass is 16.5. The number of hydrogen-bond donors (Lipinski definition) is 1. The van der Waals surface area contributed by atoms with Gasteiger partial charge in [0.1, 0.15) is 6.54 Å². The fourth-order valence-electron chi connectivity index (χ4n) is 2.51. The average Bonchev–Trinajstić information content (AvgIpc) is 2.64. The summed E-state index contributed by atoms with van der Waals surface area (Å²) in [5, 5.41) is 9.13. The molecule has 2 aromatic carbocycles. The Morgan fingerprint density at radius 3 is 2.23 bits per heavy atom. The van der Waals surface area contributed by atoms with E-state index in [1.807, 2.05) is 56.3 Å². The maximum Gasteiger partial charge on any atom is 0.323 e. The summed E-state index contributed by atoms with van der Waals surface area (Å²) >= 11 is 0. The second-order valence-corrected chi connectivity index (χ2v) is 6.41. The summed E-state index contributed by atoms with van der Waals surface area (Å²) in [7, 11) is 0. The minimum Gasteiger partial charge on any atom is -0.480 e. The van der Waals surface area contributed by atoms with Crippen LogP contribution in [0.1, 0.15) is 35.3 Å². The number of rotatable bonds is 9. The van der Waals surface area contributed by atoms with Gasteiger partial charge in [-0.25, -0.2) is 0 Å². The lowest BCUT2D eigenvalue weighted by Gasteiger charge is -2.21. The van der Waals surface area contributed by atoms with E-state index in [0.717, 1.165) is 11.1 Å². The minimum absolute atomic E-state index is 0.139. The third-order valence-electron chi connectivity index (χ3n) is 3.91. The zero-order chi connectivity index (χ0) is 18.9. The molecule has 0 aliphatic heterocycles. The van der Waals surface area contributed by atoms with E-state index in [4.69, 9.17) is 9.84 Å². The normalized spacial score (nSPS) is 10.7. The standard InChI is InChI=1S/C21H25NO4/c1-16(2)26-15-18-8-10-19(11-9-18)21(25)22(14-20(23)24)13-12-17-6-4-3-5-7-17/h3-11,16H,12-15H2,1-2H3,(H,23,24). The SMILES string of the molecule is CC(C)OCc1ccc(C(=O)N(CCc2ccccc2)CC(=O)O)cc1. The van der Waals surface area contributed by atoms with Crippen molar-refractivity contribution in [2.24, 2.45) is 0 Å². The summed E-state index contributed by atoms with van der Waals surface area (Å²) in [6.45, 7) is 4.46. The number of carbonyl (C=O) groups is 2. The smallest absolute Gasteiger partial charge is 0.323 e. The predicted molar refractivity (Wildman–Crippen MR) is 100 cm³/mol. The number of hydrogen-bond acceptors (Lipinski definition) is 3. The highest BCUT2D eigenvalue weighted by molar-refractivity contribution is 5.95. The van der Waals surface area contributed by atoms with Crippen LogP contribution in [0.15, 0.2) is 54.6 Å². The second-order valence-electron chi connectivity index (χ2n) is 6.41. The Morgan fingerprint density at radius 1 is 1.00 bits per heavy atom. The van der Waals surface area contributed by atoms with Gasteiger partial charge in [-0.2, -0.15) is 0 Å². The molecule has 0 unspecified atom stereocenters. The maximum atomic E-state index is 12.7. The molecule has 0 aromatic heterocycles. The van der Waals surface area contributed by atoms with E-state index in [2.05, 4.69) is 0 Å². The molecule has 0 bridgehead atoms. The number of aliphatic carboxylic acids is 1. The van der Waals surface area contributed by atoms with Gasteiger partial charge < -0.3 is 14.7 Å². The van der Waals surface area contributed by atoms with Gasteiger partial charge in [-0.1, -0.05) is 42.5 Å². The molecule has 2 rings (SSSR count). The lowest BCUT2D eigenvalue weighted by Crippen LogP contribution is -2.37. The van der Waals surface area contributed by atoms with Crippen LogP contribution in [0, 0.1) is 0 Å². The van der Waals surface area contributed by atoms with Gasteiger partial charge in [0.25, 0.3) is 5.91 Å². The van der Waals surface area contributed by atoms with Crippen LogP contribution in [0.5, 0.6) is 0 Å². The van der Waals surface area contributed by atoms with Crippen LogP contribution in [0.25, 0.3) is 0 Å². The van der Waals surface area contributed by atoms with Crippen molar-refractivity contribution in [3.8, 4) is 0 Å². The molecule has 0 fully saturated rings. The van der Waals surface area contributed by atoms with Crippen molar-refractivity contribution in [2.45, 2.75) is 33.0 Å². The molecule has 5 nitrogen and oxygen atoms in total. The monoisotopic (exact) mass is 355 g/mol. The van der Waals surface area contributed by atoms with Gasteiger partial charge >= 0.3 is 5.97 Å². The number of amides is 1. The zero-order valence-electron chi connectivity index (χ0n) is 15.2. The summed E-state index contributed by atoms with van der Waals surface area (Å²) in [4.78, 5) is 25.2. The molecule has 1 amide bonds. The van der Waals surface area contributed by atoms with Crippen molar-refractivity contribution in [1.82, 2.24) is 4.90 Å². The highest BCUT2D eigenvalue weighted by Gasteiger charge is 2.18. The zero-order valence-corrected chi connectivity index (χ0v) is 15.2. The third-order valence-corrected chi connectivity index (χ3v) is 3.91. The lowest BCUT2D eigenvalue weighted by molar-refractivity contribution is -0.137. The Kier molecular flexibility index (Phi) is 7.36. The van der Waals surface area contributed by atoms with E-state index in [0.29, 0.717) is 25.1 Å². The first-order valence-corrected chi connectivity index (χ1v) is 8.71. The largest absolute Gasteiger partial charge is 0.480 e. The van der Waals surface area contributed by atoms with Crippen molar-refractivity contribution in [3.05, 3.63) is 71.3 Å². The fraction of sp³-hybridized carbons (Fsp3) is 0.333. The maximum absolute atomic E-state index is 12.7. The van der Waals surface area contributed by atoms with Crippen molar-refractivity contribution in [2.75, 3.05) is 13.1 Å².